The average molecular weight is 692 g/mol. The van der Waals surface area contributed by atoms with Crippen LogP contribution in [-0.2, 0) is 0 Å². The van der Waals surface area contributed by atoms with E-state index < -0.39 is 0 Å². The lowest BCUT2D eigenvalue weighted by Crippen LogP contribution is -1.94. The fourth-order valence-corrected chi connectivity index (χ4v) is 9.58. The molecule has 3 nitrogen and oxygen atoms in total. The van der Waals surface area contributed by atoms with E-state index >= 15 is 0 Å². The van der Waals surface area contributed by atoms with Crippen molar-refractivity contribution in [2.45, 2.75) is 0 Å². The van der Waals surface area contributed by atoms with Crippen LogP contribution in [0.4, 0.5) is 0 Å². The number of benzene rings is 8. The second-order valence-electron chi connectivity index (χ2n) is 13.7. The number of nitrogens with zero attached hydrogens (tertiary/aromatic N) is 3. The molecule has 0 fully saturated rings. The van der Waals surface area contributed by atoms with Gasteiger partial charge in [-0.1, -0.05) is 103 Å². The predicted octanol–water partition coefficient (Wildman–Crippen LogP) is 13.5. The largest absolute Gasteiger partial charge is 0.309 e. The Kier molecular flexibility index (Phi) is 6.48. The Bertz CT molecular complexity index is 3300. The molecule has 8 aromatic carbocycles. The van der Waals surface area contributed by atoms with E-state index in [0.717, 1.165) is 22.4 Å². The minimum atomic E-state index is 0.651. The lowest BCUT2D eigenvalue weighted by molar-refractivity contribution is 1.18. The Balaban J connectivity index is 1.03. The monoisotopic (exact) mass is 691 g/mol. The summed E-state index contributed by atoms with van der Waals surface area (Å²) in [6.45, 7) is 0. The van der Waals surface area contributed by atoms with Gasteiger partial charge >= 0.3 is 0 Å². The lowest BCUT2D eigenvalue weighted by atomic mass is 10.0. The molecule has 0 spiro atoms. The van der Waals surface area contributed by atoms with Crippen molar-refractivity contribution in [3.8, 4) is 39.7 Å². The molecule has 0 bridgehead atoms. The van der Waals surface area contributed by atoms with Gasteiger partial charge in [0.25, 0.3) is 0 Å². The number of nitriles is 1. The summed E-state index contributed by atoms with van der Waals surface area (Å²) < 4.78 is 7.32. The molecule has 0 saturated heterocycles. The smallest absolute Gasteiger partial charge is 0.0992 e. The van der Waals surface area contributed by atoms with Crippen LogP contribution >= 0.6 is 11.3 Å². The third-order valence-corrected chi connectivity index (χ3v) is 12.0. The molecule has 0 radical (unpaired) electrons. The molecular weight excluding hydrogens is 663 g/mol. The van der Waals surface area contributed by atoms with Gasteiger partial charge in [0.15, 0.2) is 0 Å². The molecule has 0 aliphatic rings. The standard InChI is InChI=1S/C49H29N3S/c50-30-31-9-7-10-36(27-31)52-45-17-5-2-12-39(45)43-29-34(22-26-47(43)52)33-21-25-46-42(28-33)38-11-1-4-16-44(38)51(46)35-23-19-32(20-24-35)37-14-8-15-41-40-13-3-6-18-48(40)53-49(37)41/h1-29H. The minimum absolute atomic E-state index is 0.651. The maximum absolute atomic E-state index is 9.60. The zero-order valence-corrected chi connectivity index (χ0v) is 29.3. The first-order chi connectivity index (χ1) is 26.2. The van der Waals surface area contributed by atoms with Crippen molar-refractivity contribution >= 4 is 75.1 Å². The number of para-hydroxylation sites is 2. The van der Waals surface area contributed by atoms with Gasteiger partial charge in [-0.3, -0.25) is 0 Å². The van der Waals surface area contributed by atoms with Gasteiger partial charge in [0, 0.05) is 53.1 Å². The zero-order valence-electron chi connectivity index (χ0n) is 28.5. The summed E-state index contributed by atoms with van der Waals surface area (Å²) in [4.78, 5) is 0. The van der Waals surface area contributed by atoms with E-state index in [0.29, 0.717) is 5.56 Å². The molecule has 3 aromatic heterocycles. The van der Waals surface area contributed by atoms with Crippen molar-refractivity contribution in [2.24, 2.45) is 0 Å². The van der Waals surface area contributed by atoms with Crippen molar-refractivity contribution < 1.29 is 0 Å². The number of rotatable bonds is 4. The topological polar surface area (TPSA) is 33.6 Å². The highest BCUT2D eigenvalue weighted by Crippen LogP contribution is 2.41. The number of thiophene rings is 1. The Morgan fingerprint density at radius 3 is 1.62 bits per heavy atom. The Morgan fingerprint density at radius 2 is 0.943 bits per heavy atom. The van der Waals surface area contributed by atoms with E-state index in [1.807, 2.05) is 29.5 Å². The maximum atomic E-state index is 9.60. The van der Waals surface area contributed by atoms with Gasteiger partial charge in [-0.05, 0) is 95.1 Å². The number of hydrogen-bond donors (Lipinski definition) is 0. The van der Waals surface area contributed by atoms with Crippen LogP contribution in [0.2, 0.25) is 0 Å². The third-order valence-electron chi connectivity index (χ3n) is 10.8. The molecule has 0 N–H and O–H groups in total. The first-order valence-electron chi connectivity index (χ1n) is 17.8. The van der Waals surface area contributed by atoms with Gasteiger partial charge in [0.2, 0.25) is 0 Å². The summed E-state index contributed by atoms with van der Waals surface area (Å²) in [5.41, 5.74) is 12.3. The molecule has 53 heavy (non-hydrogen) atoms. The van der Waals surface area contributed by atoms with Crippen LogP contribution in [0, 0.1) is 11.3 Å². The normalized spacial score (nSPS) is 11.8. The van der Waals surface area contributed by atoms with E-state index in [1.165, 1.54) is 75.0 Å². The van der Waals surface area contributed by atoms with Crippen LogP contribution < -0.4 is 0 Å². The Hall–Kier alpha value is -6.93. The van der Waals surface area contributed by atoms with Crippen LogP contribution in [-0.4, -0.2) is 9.13 Å². The van der Waals surface area contributed by atoms with Gasteiger partial charge in [-0.15, -0.1) is 11.3 Å². The SMILES string of the molecule is N#Cc1cccc(-n2c3ccccc3c3cc(-c4ccc5c(c4)c4ccccc4n5-c4ccc(-c5cccc6c5sc5ccccc56)cc4)ccc32)c1. The summed E-state index contributed by atoms with van der Waals surface area (Å²) in [6.07, 6.45) is 0. The van der Waals surface area contributed by atoms with Crippen molar-refractivity contribution in [3.05, 3.63) is 181 Å². The zero-order chi connectivity index (χ0) is 35.0. The van der Waals surface area contributed by atoms with Crippen molar-refractivity contribution in [1.82, 2.24) is 9.13 Å². The van der Waals surface area contributed by atoms with Gasteiger partial charge in [0.1, 0.15) is 0 Å². The average Bonchev–Trinajstić information content (AvgIpc) is 3.88. The lowest BCUT2D eigenvalue weighted by Gasteiger charge is -2.11. The molecule has 0 atom stereocenters. The summed E-state index contributed by atoms with van der Waals surface area (Å²) in [5, 5.41) is 17.1. The highest BCUT2D eigenvalue weighted by atomic mass is 32.1. The molecule has 0 unspecified atom stereocenters. The second-order valence-corrected chi connectivity index (χ2v) is 14.7. The van der Waals surface area contributed by atoms with Crippen LogP contribution in [0.1, 0.15) is 5.56 Å². The van der Waals surface area contributed by atoms with E-state index in [-0.39, 0.29) is 0 Å². The number of aromatic nitrogens is 2. The molecule has 246 valence electrons. The van der Waals surface area contributed by atoms with Crippen molar-refractivity contribution in [2.75, 3.05) is 0 Å². The summed E-state index contributed by atoms with van der Waals surface area (Å²) in [5.74, 6) is 0. The van der Waals surface area contributed by atoms with Gasteiger partial charge in [-0.25, -0.2) is 0 Å². The minimum Gasteiger partial charge on any atom is -0.309 e. The van der Waals surface area contributed by atoms with Crippen molar-refractivity contribution in [3.63, 3.8) is 0 Å². The molecule has 4 heteroatoms. The molecule has 0 aliphatic heterocycles. The summed E-state index contributed by atoms with van der Waals surface area (Å²) in [7, 11) is 0. The summed E-state index contributed by atoms with van der Waals surface area (Å²) in [6, 6.07) is 65.5. The van der Waals surface area contributed by atoms with Gasteiger partial charge < -0.3 is 9.13 Å². The van der Waals surface area contributed by atoms with Crippen LogP contribution in [0.3, 0.4) is 0 Å². The first kappa shape index (κ1) is 29.8. The van der Waals surface area contributed by atoms with Crippen LogP contribution in [0.25, 0.3) is 97.4 Å². The summed E-state index contributed by atoms with van der Waals surface area (Å²) >= 11 is 1.87. The Morgan fingerprint density at radius 1 is 0.396 bits per heavy atom. The predicted molar refractivity (Wildman–Crippen MR) is 224 cm³/mol. The van der Waals surface area contributed by atoms with Crippen LogP contribution in [0.5, 0.6) is 0 Å². The Labute approximate surface area is 309 Å². The highest BCUT2D eigenvalue weighted by molar-refractivity contribution is 7.26. The molecular formula is C49H29N3S. The highest BCUT2D eigenvalue weighted by Gasteiger charge is 2.17. The molecule has 0 saturated carbocycles. The first-order valence-corrected chi connectivity index (χ1v) is 18.6. The van der Waals surface area contributed by atoms with Gasteiger partial charge in [-0.2, -0.15) is 5.26 Å². The van der Waals surface area contributed by atoms with E-state index in [1.54, 1.807) is 0 Å². The fraction of sp³-hybridized carbons (Fsp3) is 0. The van der Waals surface area contributed by atoms with Crippen molar-refractivity contribution in [1.29, 1.82) is 5.26 Å². The molecule has 0 amide bonds. The molecule has 11 aromatic rings. The third kappa shape index (κ3) is 4.52. The van der Waals surface area contributed by atoms with E-state index in [2.05, 4.69) is 173 Å². The quantitative estimate of drug-likeness (QED) is 0.181. The van der Waals surface area contributed by atoms with Gasteiger partial charge in [0.05, 0.1) is 33.7 Å². The fourth-order valence-electron chi connectivity index (χ4n) is 8.34. The molecule has 3 heterocycles. The van der Waals surface area contributed by atoms with E-state index in [4.69, 9.17) is 0 Å². The number of fused-ring (bicyclic) bond motifs is 9. The van der Waals surface area contributed by atoms with E-state index in [9.17, 15) is 5.26 Å². The number of hydrogen-bond acceptors (Lipinski definition) is 2. The molecule has 11 rings (SSSR count). The molecule has 0 aliphatic carbocycles. The van der Waals surface area contributed by atoms with Crippen LogP contribution in [0.15, 0.2) is 176 Å². The second kappa shape index (κ2) is 11.5. The maximum Gasteiger partial charge on any atom is 0.0992 e.